The summed E-state index contributed by atoms with van der Waals surface area (Å²) in [5.41, 5.74) is 0.766. The number of nitrogens with zero attached hydrogens (tertiary/aromatic N) is 2. The van der Waals surface area contributed by atoms with E-state index in [-0.39, 0.29) is 31.1 Å². The summed E-state index contributed by atoms with van der Waals surface area (Å²) < 4.78 is 5.57. The Balaban J connectivity index is 2.35. The third-order valence-electron chi connectivity index (χ3n) is 3.85. The molecule has 1 atom stereocenters. The van der Waals surface area contributed by atoms with Gasteiger partial charge in [-0.05, 0) is 44.9 Å². The number of benzene rings is 1. The summed E-state index contributed by atoms with van der Waals surface area (Å²) >= 11 is 0. The highest BCUT2D eigenvalue weighted by Gasteiger charge is 2.13. The van der Waals surface area contributed by atoms with Crippen LogP contribution in [0.4, 0.5) is 0 Å². The van der Waals surface area contributed by atoms with Gasteiger partial charge in [0.05, 0.1) is 13.0 Å². The second kappa shape index (κ2) is 11.5. The van der Waals surface area contributed by atoms with Crippen molar-refractivity contribution in [3.8, 4) is 5.75 Å². The number of hydrogen-bond acceptors (Lipinski definition) is 7. The van der Waals surface area contributed by atoms with Gasteiger partial charge in [0, 0.05) is 25.7 Å². The number of aliphatic hydroxyl groups excluding tert-OH is 1. The number of ether oxygens (including phenoxy) is 1. The van der Waals surface area contributed by atoms with Crippen molar-refractivity contribution < 1.29 is 24.6 Å². The summed E-state index contributed by atoms with van der Waals surface area (Å²) in [6, 6.07) is 7.13. The van der Waals surface area contributed by atoms with Crippen molar-refractivity contribution in [2.24, 2.45) is 0 Å². The number of carbonyl (C=O) groups is 1. The van der Waals surface area contributed by atoms with Gasteiger partial charge in [-0.15, -0.1) is 10.1 Å². The standard InChI is InChI=1S/C19H31N3O6/c1-19(2,3)20-13-16(23)14-27-17-8-6-15(7-9-17)12-18(24)21(4)10-5-11-28-22(25)26/h6-9,16,20,23H,5,10-14H2,1-4H3. The molecule has 1 amide bonds. The van der Waals surface area contributed by atoms with Crippen molar-refractivity contribution in [2.75, 3.05) is 33.4 Å². The number of rotatable bonds is 12. The Hall–Kier alpha value is -2.39. The smallest absolute Gasteiger partial charge is 0.294 e. The number of nitrogens with one attached hydrogen (secondary N) is 1. The Morgan fingerprint density at radius 2 is 1.96 bits per heavy atom. The molecule has 0 bridgehead atoms. The van der Waals surface area contributed by atoms with E-state index in [1.165, 1.54) is 4.90 Å². The maximum Gasteiger partial charge on any atom is 0.294 e. The summed E-state index contributed by atoms with van der Waals surface area (Å²) in [7, 11) is 1.65. The average molecular weight is 397 g/mol. The Bertz CT molecular complexity index is 615. The Labute approximate surface area is 165 Å². The SMILES string of the molecule is CN(CCCO[N+](=O)[O-])C(=O)Cc1ccc(OCC(O)CNC(C)(C)C)cc1. The largest absolute Gasteiger partial charge is 0.491 e. The summed E-state index contributed by atoms with van der Waals surface area (Å²) in [5, 5.41) is 22.4. The van der Waals surface area contributed by atoms with E-state index >= 15 is 0 Å². The van der Waals surface area contributed by atoms with Crippen molar-refractivity contribution in [1.82, 2.24) is 10.2 Å². The molecular weight excluding hydrogens is 366 g/mol. The van der Waals surface area contributed by atoms with Crippen molar-refractivity contribution in [1.29, 1.82) is 0 Å². The highest BCUT2D eigenvalue weighted by atomic mass is 16.9. The van der Waals surface area contributed by atoms with Crippen LogP contribution in [-0.4, -0.2) is 66.0 Å². The predicted molar refractivity (Wildman–Crippen MR) is 105 cm³/mol. The van der Waals surface area contributed by atoms with Gasteiger partial charge in [-0.2, -0.15) is 0 Å². The zero-order chi connectivity index (χ0) is 21.2. The van der Waals surface area contributed by atoms with Crippen LogP contribution < -0.4 is 10.1 Å². The molecule has 0 saturated carbocycles. The van der Waals surface area contributed by atoms with Crippen LogP contribution in [0.1, 0.15) is 32.8 Å². The van der Waals surface area contributed by atoms with Gasteiger partial charge in [-0.1, -0.05) is 12.1 Å². The van der Waals surface area contributed by atoms with E-state index in [4.69, 9.17) is 4.74 Å². The first-order valence-corrected chi connectivity index (χ1v) is 9.23. The van der Waals surface area contributed by atoms with E-state index in [0.29, 0.717) is 25.3 Å². The number of hydrogen-bond donors (Lipinski definition) is 2. The van der Waals surface area contributed by atoms with Crippen LogP contribution in [0.5, 0.6) is 5.75 Å². The summed E-state index contributed by atoms with van der Waals surface area (Å²) in [5.74, 6) is 0.537. The molecule has 1 unspecified atom stereocenters. The molecule has 0 aliphatic heterocycles. The van der Waals surface area contributed by atoms with Crippen LogP contribution in [0.3, 0.4) is 0 Å². The van der Waals surface area contributed by atoms with Gasteiger partial charge in [-0.3, -0.25) is 4.79 Å². The van der Waals surface area contributed by atoms with Crippen LogP contribution in [0.2, 0.25) is 0 Å². The lowest BCUT2D eigenvalue weighted by Gasteiger charge is -2.23. The molecule has 0 aromatic heterocycles. The maximum absolute atomic E-state index is 12.2. The van der Waals surface area contributed by atoms with Crippen LogP contribution in [-0.2, 0) is 16.1 Å². The number of amides is 1. The van der Waals surface area contributed by atoms with E-state index in [1.54, 1.807) is 31.3 Å². The maximum atomic E-state index is 12.2. The second-order valence-corrected chi connectivity index (χ2v) is 7.64. The highest BCUT2D eigenvalue weighted by molar-refractivity contribution is 5.78. The first-order chi connectivity index (χ1) is 13.1. The molecule has 0 aliphatic rings. The fraction of sp³-hybridized carbons (Fsp3) is 0.632. The Morgan fingerprint density at radius 1 is 1.32 bits per heavy atom. The minimum atomic E-state index is -0.842. The predicted octanol–water partition coefficient (Wildman–Crippen LogP) is 1.41. The molecule has 28 heavy (non-hydrogen) atoms. The molecule has 1 rings (SSSR count). The van der Waals surface area contributed by atoms with Gasteiger partial charge in [0.15, 0.2) is 0 Å². The molecule has 1 aromatic rings. The fourth-order valence-corrected chi connectivity index (χ4v) is 2.25. The molecule has 0 fully saturated rings. The summed E-state index contributed by atoms with van der Waals surface area (Å²) in [6.45, 7) is 7.04. The molecule has 1 aromatic carbocycles. The second-order valence-electron chi connectivity index (χ2n) is 7.64. The van der Waals surface area contributed by atoms with Crippen LogP contribution in [0.25, 0.3) is 0 Å². The van der Waals surface area contributed by atoms with Crippen molar-refractivity contribution in [3.63, 3.8) is 0 Å². The molecule has 9 nitrogen and oxygen atoms in total. The van der Waals surface area contributed by atoms with Gasteiger partial charge in [-0.25, -0.2) is 0 Å². The Kier molecular flexibility index (Phi) is 9.67. The fourth-order valence-electron chi connectivity index (χ4n) is 2.25. The van der Waals surface area contributed by atoms with Crippen molar-refractivity contribution >= 4 is 5.91 Å². The van der Waals surface area contributed by atoms with E-state index in [2.05, 4.69) is 10.2 Å². The van der Waals surface area contributed by atoms with Gasteiger partial charge >= 0.3 is 0 Å². The Morgan fingerprint density at radius 3 is 2.54 bits per heavy atom. The average Bonchev–Trinajstić information content (AvgIpc) is 2.62. The molecule has 2 N–H and O–H groups in total. The monoisotopic (exact) mass is 397 g/mol. The molecular formula is C19H31N3O6. The molecule has 0 aliphatic carbocycles. The normalized spacial score (nSPS) is 12.3. The zero-order valence-corrected chi connectivity index (χ0v) is 17.0. The van der Waals surface area contributed by atoms with Crippen LogP contribution in [0.15, 0.2) is 24.3 Å². The van der Waals surface area contributed by atoms with Gasteiger partial charge in [0.2, 0.25) is 5.91 Å². The number of β-amino-alcohol motifs (C(OH)–C–C–N with tert-alkyl or cyclic N) is 1. The molecule has 0 heterocycles. The molecule has 0 saturated heterocycles. The van der Waals surface area contributed by atoms with Crippen molar-refractivity contribution in [2.45, 2.75) is 45.3 Å². The van der Waals surface area contributed by atoms with E-state index in [0.717, 1.165) is 5.56 Å². The number of aliphatic hydroxyl groups is 1. The number of carbonyl (C=O) groups excluding carboxylic acids is 1. The lowest BCUT2D eigenvalue weighted by atomic mass is 10.1. The third-order valence-corrected chi connectivity index (χ3v) is 3.85. The van der Waals surface area contributed by atoms with Crippen LogP contribution in [0, 0.1) is 10.1 Å². The zero-order valence-electron chi connectivity index (χ0n) is 17.0. The lowest BCUT2D eigenvalue weighted by molar-refractivity contribution is -0.757. The first-order valence-electron chi connectivity index (χ1n) is 9.23. The van der Waals surface area contributed by atoms with E-state index in [9.17, 15) is 20.0 Å². The summed E-state index contributed by atoms with van der Waals surface area (Å²) in [4.78, 5) is 28.0. The van der Waals surface area contributed by atoms with Crippen molar-refractivity contribution in [3.05, 3.63) is 39.9 Å². The molecule has 158 valence electrons. The van der Waals surface area contributed by atoms with E-state index in [1.807, 2.05) is 20.8 Å². The first kappa shape index (κ1) is 23.6. The highest BCUT2D eigenvalue weighted by Crippen LogP contribution is 2.13. The van der Waals surface area contributed by atoms with Crippen LogP contribution >= 0.6 is 0 Å². The quantitative estimate of drug-likeness (QED) is 0.311. The number of likely N-dealkylation sites (N-methyl/N-ethyl adjacent to an activating group) is 1. The minimum Gasteiger partial charge on any atom is -0.491 e. The molecule has 9 heteroatoms. The van der Waals surface area contributed by atoms with Gasteiger partial charge < -0.3 is 24.9 Å². The molecule has 0 spiro atoms. The third kappa shape index (κ3) is 10.7. The van der Waals surface area contributed by atoms with Gasteiger partial charge in [0.1, 0.15) is 18.5 Å². The summed E-state index contributed by atoms with van der Waals surface area (Å²) in [6.07, 6.45) is 0.00124. The molecule has 0 radical (unpaired) electrons. The lowest BCUT2D eigenvalue weighted by Crippen LogP contribution is -2.42. The van der Waals surface area contributed by atoms with Gasteiger partial charge in [0.25, 0.3) is 5.09 Å². The minimum absolute atomic E-state index is 0.0339. The van der Waals surface area contributed by atoms with E-state index < -0.39 is 11.2 Å². The topological polar surface area (TPSA) is 114 Å².